The number of fused-ring (bicyclic) bond motifs is 8. The van der Waals surface area contributed by atoms with Crippen molar-refractivity contribution in [2.24, 2.45) is 0 Å². The number of ether oxygens (including phenoxy) is 6. The molecule has 0 aliphatic carbocycles. The van der Waals surface area contributed by atoms with Crippen LogP contribution < -0.4 is 24.8 Å². The lowest BCUT2D eigenvalue weighted by Crippen LogP contribution is -2.70. The zero-order valence-electron chi connectivity index (χ0n) is 42.5. The molecule has 2 fully saturated rings. The molecule has 5 aromatic rings. The van der Waals surface area contributed by atoms with Crippen molar-refractivity contribution in [2.45, 2.75) is 41.3 Å². The van der Waals surface area contributed by atoms with E-state index in [2.05, 4.69) is 23.8 Å². The van der Waals surface area contributed by atoms with Gasteiger partial charge in [0.2, 0.25) is 11.8 Å². The van der Waals surface area contributed by atoms with Crippen molar-refractivity contribution in [1.82, 2.24) is 20.4 Å². The second kappa shape index (κ2) is 23.5. The molecule has 3 aromatic carbocycles. The Bertz CT molecular complexity index is 3380. The molecule has 2 N–H and O–H groups in total. The Morgan fingerprint density at radius 2 is 1.14 bits per heavy atom. The van der Waals surface area contributed by atoms with E-state index in [1.54, 1.807) is 72.8 Å². The summed E-state index contributed by atoms with van der Waals surface area (Å²) in [5, 5.41) is 8.67. The van der Waals surface area contributed by atoms with Gasteiger partial charge in [-0.3, -0.25) is 29.0 Å². The number of hydrogen-bond acceptors (Lipinski definition) is 17. The van der Waals surface area contributed by atoms with Gasteiger partial charge in [-0.2, -0.15) is 0 Å². The van der Waals surface area contributed by atoms with Crippen LogP contribution >= 0.6 is 69.4 Å². The number of allylic oxidation sites excluding steroid dienone is 2. The molecular formula is C58H46Cl2N4O13S4. The maximum absolute atomic E-state index is 13.7. The standard InChI is InChI=1S/C58H46Cl2N4O13S4/c1-3-17-74-56(70)49-31(29-80-53-47(51(67)63(49)53)61-45(65)23-33-13-9-21-78-33)11-7-19-72-43-27-41-37(25-39(43)59)58(36-16-6-5-15-35(36)55(69)77-58)38-26-40(60)44(28-42(38)76-41)73-20-8-12-32-30-81-54-48(62-46(66)24-34-14-10-22-79-34)52(68)64(54)50(32)57(71)75-18-4-2/h3-16,21-22,25-28,47-48,53-54H,1-2,17-20,23-24,29-30H2,(H,61,65)(H,62,66)/b11-7+,12-8+. The molecule has 4 unspecified atom stereocenters. The van der Waals surface area contributed by atoms with Crippen LogP contribution in [-0.4, -0.2) is 112 Å². The van der Waals surface area contributed by atoms with Crippen LogP contribution in [0.15, 0.2) is 156 Å². The maximum Gasteiger partial charge on any atom is 0.355 e. The minimum Gasteiger partial charge on any atom is -0.488 e. The summed E-state index contributed by atoms with van der Waals surface area (Å²) in [5.41, 5.74) is 1.18. The van der Waals surface area contributed by atoms with Gasteiger partial charge in [-0.15, -0.1) is 46.2 Å². The van der Waals surface area contributed by atoms with Gasteiger partial charge in [0.1, 0.15) is 83.7 Å². The summed E-state index contributed by atoms with van der Waals surface area (Å²) in [6.45, 7) is 6.98. The van der Waals surface area contributed by atoms with E-state index in [0.717, 1.165) is 9.75 Å². The summed E-state index contributed by atoms with van der Waals surface area (Å²) in [4.78, 5) is 97.9. The van der Waals surface area contributed by atoms with E-state index in [9.17, 15) is 33.6 Å². The minimum absolute atomic E-state index is 0.0574. The molecule has 1 spiro atoms. The van der Waals surface area contributed by atoms with Crippen molar-refractivity contribution in [3.63, 3.8) is 0 Å². The van der Waals surface area contributed by atoms with E-state index >= 15 is 0 Å². The van der Waals surface area contributed by atoms with Crippen LogP contribution in [0, 0.1) is 0 Å². The average molecular weight is 1210 g/mol. The molecule has 81 heavy (non-hydrogen) atoms. The van der Waals surface area contributed by atoms with E-state index in [4.69, 9.17) is 51.6 Å². The summed E-state index contributed by atoms with van der Waals surface area (Å²) < 4.78 is 36.2. The van der Waals surface area contributed by atoms with Crippen molar-refractivity contribution in [2.75, 3.05) is 37.9 Å². The number of halogens is 2. The van der Waals surface area contributed by atoms with Gasteiger partial charge in [0.05, 0.1) is 28.5 Å². The van der Waals surface area contributed by atoms with Gasteiger partial charge in [0.25, 0.3) is 11.8 Å². The highest BCUT2D eigenvalue weighted by molar-refractivity contribution is 8.00. The fourth-order valence-corrected chi connectivity index (χ4v) is 14.5. The van der Waals surface area contributed by atoms with Gasteiger partial charge in [-0.05, 0) is 64.4 Å². The molecule has 23 heteroatoms. The second-order valence-corrected chi connectivity index (χ2v) is 23.7. The number of esters is 3. The van der Waals surface area contributed by atoms with Gasteiger partial charge in [-0.25, -0.2) is 14.4 Å². The third-order valence-corrected chi connectivity index (χ3v) is 18.6. The normalized spacial score (nSPS) is 21.2. The van der Waals surface area contributed by atoms with Crippen LogP contribution in [0.2, 0.25) is 10.0 Å². The highest BCUT2D eigenvalue weighted by atomic mass is 35.5. The van der Waals surface area contributed by atoms with Crippen LogP contribution in [0.1, 0.15) is 36.8 Å². The van der Waals surface area contributed by atoms with Gasteiger partial charge in [-0.1, -0.05) is 91.0 Å². The van der Waals surface area contributed by atoms with Gasteiger partial charge in [0, 0.05) is 50.1 Å². The van der Waals surface area contributed by atoms with Gasteiger partial charge < -0.3 is 39.1 Å². The molecule has 4 amide bonds. The highest BCUT2D eigenvalue weighted by Gasteiger charge is 2.57. The van der Waals surface area contributed by atoms with Crippen LogP contribution in [0.3, 0.4) is 0 Å². The molecule has 11 rings (SSSR count). The molecule has 2 saturated heterocycles. The van der Waals surface area contributed by atoms with Crippen molar-refractivity contribution in [1.29, 1.82) is 0 Å². The molecule has 0 saturated carbocycles. The number of benzene rings is 3. The summed E-state index contributed by atoms with van der Waals surface area (Å²) in [7, 11) is 0. The van der Waals surface area contributed by atoms with Crippen LogP contribution in [0.25, 0.3) is 0 Å². The lowest BCUT2D eigenvalue weighted by Gasteiger charge is -2.49. The first-order valence-electron chi connectivity index (χ1n) is 25.1. The predicted molar refractivity (Wildman–Crippen MR) is 306 cm³/mol. The summed E-state index contributed by atoms with van der Waals surface area (Å²) in [6.07, 6.45) is 9.78. The number of amides is 4. The smallest absolute Gasteiger partial charge is 0.355 e. The van der Waals surface area contributed by atoms with Gasteiger partial charge in [0.15, 0.2) is 5.60 Å². The molecule has 6 aliphatic heterocycles. The Morgan fingerprint density at radius 1 is 0.654 bits per heavy atom. The van der Waals surface area contributed by atoms with E-state index in [1.807, 2.05) is 35.0 Å². The van der Waals surface area contributed by atoms with Crippen LogP contribution in [0.5, 0.6) is 23.0 Å². The first kappa shape index (κ1) is 55.4. The van der Waals surface area contributed by atoms with E-state index in [-0.39, 0.29) is 95.5 Å². The minimum atomic E-state index is -1.57. The fraction of sp³-hybridized carbons (Fsp3) is 0.224. The first-order valence-corrected chi connectivity index (χ1v) is 29.7. The van der Waals surface area contributed by atoms with Crippen LogP contribution in [0.4, 0.5) is 0 Å². The number of nitrogens with one attached hydrogen (secondary N) is 2. The van der Waals surface area contributed by atoms with Crippen molar-refractivity contribution >= 4 is 111 Å². The quantitative estimate of drug-likeness (QED) is 0.0323. The predicted octanol–water partition coefficient (Wildman–Crippen LogP) is 8.81. The zero-order valence-corrected chi connectivity index (χ0v) is 47.3. The van der Waals surface area contributed by atoms with E-state index < -0.39 is 58.2 Å². The number of thioether (sulfide) groups is 2. The molecule has 4 atom stereocenters. The molecule has 414 valence electrons. The van der Waals surface area contributed by atoms with E-state index in [1.165, 1.54) is 68.1 Å². The maximum atomic E-state index is 13.7. The molecule has 8 heterocycles. The second-order valence-electron chi connectivity index (χ2n) is 18.6. The molecular weight excluding hydrogens is 1160 g/mol. The lowest BCUT2D eigenvalue weighted by molar-refractivity contribution is -0.152. The number of carbonyl (C=O) groups is 7. The average Bonchev–Trinajstić information content (AvgIpc) is 3.97. The number of rotatable bonds is 20. The molecule has 2 aromatic heterocycles. The van der Waals surface area contributed by atoms with Crippen molar-refractivity contribution < 1.29 is 62.0 Å². The number of nitrogens with zero attached hydrogens (tertiary/aromatic N) is 2. The Balaban J connectivity index is 0.817. The third kappa shape index (κ3) is 10.6. The number of hydrogen-bond donors (Lipinski definition) is 2. The molecule has 0 bridgehead atoms. The zero-order chi connectivity index (χ0) is 56.5. The van der Waals surface area contributed by atoms with Crippen molar-refractivity contribution in [3.05, 3.63) is 198 Å². The number of thiophene rings is 2. The van der Waals surface area contributed by atoms with E-state index in [0.29, 0.717) is 44.9 Å². The molecule has 17 nitrogen and oxygen atoms in total. The van der Waals surface area contributed by atoms with Gasteiger partial charge >= 0.3 is 17.9 Å². The van der Waals surface area contributed by atoms with Crippen LogP contribution in [-0.2, 0) is 61.4 Å². The largest absolute Gasteiger partial charge is 0.488 e. The monoisotopic (exact) mass is 1200 g/mol. The topological polar surface area (TPSA) is 205 Å². The Morgan fingerprint density at radius 3 is 1.59 bits per heavy atom. The summed E-state index contributed by atoms with van der Waals surface area (Å²) in [6, 6.07) is 19.1. The number of β-lactam (4-membered cyclic amide) rings is 2. The van der Waals surface area contributed by atoms with Crippen molar-refractivity contribution in [3.8, 4) is 23.0 Å². The Kier molecular flexibility index (Phi) is 16.1. The SMILES string of the molecule is C=CCOC(=O)C1=C(/C=C/COc2cc3c(cc2Cl)C2(OC(=O)c4ccccc42)c2cc(Cl)c(OC/C=C/C4=C(C(=O)OCC=C)N5C(=O)C(NC(=O)Cc6cccs6)C5SC4)cc2O3)CSC2C(NC(=O)Cc3cccs3)C(=O)N12. The summed E-state index contributed by atoms with van der Waals surface area (Å²) >= 11 is 19.7. The fourth-order valence-electron chi connectivity index (χ4n) is 10.1. The number of carbonyl (C=O) groups excluding carboxylic acids is 7. The Hall–Kier alpha value is -7.53. The lowest BCUT2D eigenvalue weighted by atomic mass is 9.77. The third-order valence-electron chi connectivity index (χ3n) is 13.6. The first-order chi connectivity index (χ1) is 39.3. The Labute approximate surface area is 490 Å². The molecule has 6 aliphatic rings. The highest BCUT2D eigenvalue weighted by Crippen LogP contribution is 2.59. The summed E-state index contributed by atoms with van der Waals surface area (Å²) in [5.74, 6) is -1.99. The molecule has 0 radical (unpaired) electrons.